The number of hydrogen-bond donors (Lipinski definition) is 1. The fourth-order valence-electron chi connectivity index (χ4n) is 2.37. The van der Waals surface area contributed by atoms with Gasteiger partial charge in [0.25, 0.3) is 0 Å². The van der Waals surface area contributed by atoms with Crippen molar-refractivity contribution in [2.24, 2.45) is 0 Å². The van der Waals surface area contributed by atoms with Crippen LogP contribution in [0.5, 0.6) is 11.5 Å². The van der Waals surface area contributed by atoms with E-state index in [0.717, 1.165) is 5.56 Å². The Morgan fingerprint density at radius 2 is 1.59 bits per heavy atom. The first-order chi connectivity index (χ1) is 12.9. The molecule has 0 spiro atoms. The van der Waals surface area contributed by atoms with Crippen LogP contribution in [0.25, 0.3) is 0 Å². The van der Waals surface area contributed by atoms with Crippen LogP contribution in [0.2, 0.25) is 0 Å². The smallest absolute Gasteiger partial charge is 0.308 e. The zero-order chi connectivity index (χ0) is 19.8. The van der Waals surface area contributed by atoms with E-state index in [9.17, 15) is 14.4 Å². The molecule has 2 rings (SSSR count). The average Bonchev–Trinajstić information content (AvgIpc) is 2.62. The zero-order valence-corrected chi connectivity index (χ0v) is 15.2. The molecule has 0 aliphatic carbocycles. The molecule has 2 N–H and O–H groups in total. The number of benzene rings is 2. The van der Waals surface area contributed by atoms with E-state index < -0.39 is 11.9 Å². The van der Waals surface area contributed by atoms with Gasteiger partial charge in [-0.25, -0.2) is 0 Å². The fraction of sp³-hybridized carbons (Fsp3) is 0.250. The van der Waals surface area contributed by atoms with Crippen LogP contribution in [-0.4, -0.2) is 17.9 Å². The minimum atomic E-state index is -0.602. The van der Waals surface area contributed by atoms with Gasteiger partial charge < -0.3 is 19.9 Å². The molecule has 0 heterocycles. The third kappa shape index (κ3) is 6.14. The molecule has 27 heavy (non-hydrogen) atoms. The van der Waals surface area contributed by atoms with E-state index in [1.54, 1.807) is 6.07 Å². The van der Waals surface area contributed by atoms with Crippen LogP contribution in [0.3, 0.4) is 0 Å². The Kier molecular flexibility index (Phi) is 6.93. The molecule has 0 aliphatic rings. The Morgan fingerprint density at radius 3 is 2.22 bits per heavy atom. The Bertz CT molecular complexity index is 832. The third-order valence-corrected chi connectivity index (χ3v) is 3.59. The molecule has 7 heteroatoms. The highest BCUT2D eigenvalue weighted by atomic mass is 16.6. The molecule has 0 bridgehead atoms. The van der Waals surface area contributed by atoms with E-state index in [2.05, 4.69) is 0 Å². The quantitative estimate of drug-likeness (QED) is 0.453. The van der Waals surface area contributed by atoms with Crippen LogP contribution in [0.15, 0.2) is 42.5 Å². The van der Waals surface area contributed by atoms with Crippen molar-refractivity contribution < 1.29 is 28.6 Å². The molecule has 0 atom stereocenters. The maximum atomic E-state index is 12.0. The van der Waals surface area contributed by atoms with Gasteiger partial charge >= 0.3 is 17.9 Å². The highest BCUT2D eigenvalue weighted by Gasteiger charge is 2.18. The number of ether oxygens (including phenoxy) is 3. The van der Waals surface area contributed by atoms with Gasteiger partial charge in [0.15, 0.2) is 11.5 Å². The van der Waals surface area contributed by atoms with Gasteiger partial charge in [0.2, 0.25) is 0 Å². The van der Waals surface area contributed by atoms with Crippen LogP contribution in [0.1, 0.15) is 31.4 Å². The highest BCUT2D eigenvalue weighted by Crippen LogP contribution is 2.37. The summed E-state index contributed by atoms with van der Waals surface area (Å²) in [5.74, 6) is -1.54. The Hall–Kier alpha value is -3.35. The number of carbonyl (C=O) groups is 3. The first-order valence-corrected chi connectivity index (χ1v) is 8.34. The summed E-state index contributed by atoms with van der Waals surface area (Å²) in [6, 6.07) is 12.4. The van der Waals surface area contributed by atoms with Gasteiger partial charge in [-0.1, -0.05) is 36.4 Å². The molecule has 142 valence electrons. The molecule has 0 aromatic heterocycles. The maximum Gasteiger partial charge on any atom is 0.308 e. The molecular formula is C20H21NO6. The van der Waals surface area contributed by atoms with Crippen molar-refractivity contribution in [2.75, 3.05) is 5.73 Å². The Balaban J connectivity index is 2.03. The molecule has 0 amide bonds. The van der Waals surface area contributed by atoms with E-state index >= 15 is 0 Å². The van der Waals surface area contributed by atoms with E-state index in [-0.39, 0.29) is 42.6 Å². The Morgan fingerprint density at radius 1 is 0.926 bits per heavy atom. The minimum Gasteiger partial charge on any atom is -0.461 e. The van der Waals surface area contributed by atoms with Crippen molar-refractivity contribution in [2.45, 2.75) is 33.3 Å². The Labute approximate surface area is 157 Å². The summed E-state index contributed by atoms with van der Waals surface area (Å²) in [6.07, 6.45) is 0.386. The second kappa shape index (κ2) is 9.38. The predicted octanol–water partition coefficient (Wildman–Crippen LogP) is 2.80. The number of anilines is 1. The molecule has 0 aliphatic heterocycles. The van der Waals surface area contributed by atoms with Crippen molar-refractivity contribution in [3.05, 3.63) is 53.6 Å². The number of aryl methyl sites for hydroxylation is 1. The van der Waals surface area contributed by atoms with Crippen LogP contribution in [-0.2, 0) is 32.1 Å². The number of esters is 3. The second-order valence-electron chi connectivity index (χ2n) is 5.80. The van der Waals surface area contributed by atoms with Crippen LogP contribution < -0.4 is 15.2 Å². The molecule has 0 saturated heterocycles. The SMILES string of the molecule is CC(=O)Oc1ccc(CCC(=O)OCc2ccccc2)c(N)c1OC(C)=O. The lowest BCUT2D eigenvalue weighted by molar-refractivity contribution is -0.145. The first-order valence-electron chi connectivity index (χ1n) is 8.34. The first kappa shape index (κ1) is 20.0. The number of hydrogen-bond acceptors (Lipinski definition) is 7. The lowest BCUT2D eigenvalue weighted by atomic mass is 10.1. The summed E-state index contributed by atoms with van der Waals surface area (Å²) < 4.78 is 15.3. The van der Waals surface area contributed by atoms with E-state index in [1.165, 1.54) is 19.9 Å². The van der Waals surface area contributed by atoms with Crippen LogP contribution in [0.4, 0.5) is 5.69 Å². The standard InChI is InChI=1S/C20H21NO6/c1-13(22)26-17-10-8-16(19(21)20(17)27-14(2)23)9-11-18(24)25-12-15-6-4-3-5-7-15/h3-8,10H,9,11-12,21H2,1-2H3. The lowest BCUT2D eigenvalue weighted by Crippen LogP contribution is -2.11. The van der Waals surface area contributed by atoms with Gasteiger partial charge in [0.1, 0.15) is 6.61 Å². The van der Waals surface area contributed by atoms with E-state index in [4.69, 9.17) is 19.9 Å². The van der Waals surface area contributed by atoms with Crippen molar-refractivity contribution in [1.82, 2.24) is 0 Å². The van der Waals surface area contributed by atoms with Crippen molar-refractivity contribution in [3.8, 4) is 11.5 Å². The van der Waals surface area contributed by atoms with Gasteiger partial charge in [-0.3, -0.25) is 14.4 Å². The number of nitrogen functional groups attached to an aromatic ring is 1. The fourth-order valence-corrected chi connectivity index (χ4v) is 2.37. The number of carbonyl (C=O) groups excluding carboxylic acids is 3. The van der Waals surface area contributed by atoms with E-state index in [0.29, 0.717) is 5.56 Å². The molecule has 0 radical (unpaired) electrons. The number of rotatable bonds is 7. The molecule has 0 saturated carbocycles. The van der Waals surface area contributed by atoms with Gasteiger partial charge in [0.05, 0.1) is 5.69 Å². The molecule has 2 aromatic rings. The van der Waals surface area contributed by atoms with Gasteiger partial charge in [0, 0.05) is 20.3 Å². The second-order valence-corrected chi connectivity index (χ2v) is 5.80. The monoisotopic (exact) mass is 371 g/mol. The summed E-state index contributed by atoms with van der Waals surface area (Å²) in [7, 11) is 0. The zero-order valence-electron chi connectivity index (χ0n) is 15.2. The average molecular weight is 371 g/mol. The van der Waals surface area contributed by atoms with Gasteiger partial charge in [-0.05, 0) is 23.6 Å². The largest absolute Gasteiger partial charge is 0.461 e. The van der Waals surface area contributed by atoms with Gasteiger partial charge in [-0.2, -0.15) is 0 Å². The van der Waals surface area contributed by atoms with Crippen LogP contribution >= 0.6 is 0 Å². The summed E-state index contributed by atoms with van der Waals surface area (Å²) in [5.41, 5.74) is 7.66. The van der Waals surface area contributed by atoms with Gasteiger partial charge in [-0.15, -0.1) is 0 Å². The predicted molar refractivity (Wildman–Crippen MR) is 98.0 cm³/mol. The van der Waals surface area contributed by atoms with Crippen molar-refractivity contribution in [3.63, 3.8) is 0 Å². The number of nitrogens with two attached hydrogens (primary N) is 1. The lowest BCUT2D eigenvalue weighted by Gasteiger charge is -2.14. The highest BCUT2D eigenvalue weighted by molar-refractivity contribution is 5.79. The molecule has 0 fully saturated rings. The normalized spacial score (nSPS) is 10.1. The van der Waals surface area contributed by atoms with Crippen LogP contribution in [0, 0.1) is 0 Å². The van der Waals surface area contributed by atoms with Crippen molar-refractivity contribution in [1.29, 1.82) is 0 Å². The molecule has 0 unspecified atom stereocenters. The van der Waals surface area contributed by atoms with Crippen molar-refractivity contribution >= 4 is 23.6 Å². The molecule has 7 nitrogen and oxygen atoms in total. The summed E-state index contributed by atoms with van der Waals surface area (Å²) in [6.45, 7) is 2.63. The summed E-state index contributed by atoms with van der Waals surface area (Å²) in [5, 5.41) is 0. The molecular weight excluding hydrogens is 350 g/mol. The maximum absolute atomic E-state index is 12.0. The third-order valence-electron chi connectivity index (χ3n) is 3.59. The molecule has 2 aromatic carbocycles. The minimum absolute atomic E-state index is 0.0344. The van der Waals surface area contributed by atoms with E-state index in [1.807, 2.05) is 30.3 Å². The summed E-state index contributed by atoms with van der Waals surface area (Å²) in [4.78, 5) is 34.5. The topological polar surface area (TPSA) is 105 Å². The summed E-state index contributed by atoms with van der Waals surface area (Å²) >= 11 is 0.